The summed E-state index contributed by atoms with van der Waals surface area (Å²) in [6.07, 6.45) is -1.14. The van der Waals surface area contributed by atoms with E-state index in [1.165, 1.54) is 6.07 Å². The zero-order valence-corrected chi connectivity index (χ0v) is 14.0. The predicted molar refractivity (Wildman–Crippen MR) is 86.0 cm³/mol. The molecule has 22 heavy (non-hydrogen) atoms. The van der Waals surface area contributed by atoms with E-state index in [1.54, 1.807) is 31.1 Å². The van der Waals surface area contributed by atoms with Gasteiger partial charge in [0.05, 0.1) is 16.0 Å². The van der Waals surface area contributed by atoms with Crippen LogP contribution in [0.2, 0.25) is 0 Å². The normalized spacial score (nSPS) is 22.2. The molecule has 2 atom stereocenters. The molecular weight excluding hydrogens is 358 g/mol. The van der Waals surface area contributed by atoms with Crippen LogP contribution in [-0.4, -0.2) is 19.5 Å². The minimum Gasteiger partial charge on any atom is -0.377 e. The fourth-order valence-electron chi connectivity index (χ4n) is 2.33. The first kappa shape index (κ1) is 17.5. The van der Waals surface area contributed by atoms with Gasteiger partial charge in [0, 0.05) is 30.7 Å². The molecule has 0 aromatic heterocycles. The fraction of sp³-hybridized carbons (Fsp3) is 0.333. The van der Waals surface area contributed by atoms with Crippen molar-refractivity contribution >= 4 is 40.5 Å². The van der Waals surface area contributed by atoms with Gasteiger partial charge in [-0.05, 0) is 23.8 Å². The second kappa shape index (κ2) is 6.34. The third-order valence-electron chi connectivity index (χ3n) is 3.42. The van der Waals surface area contributed by atoms with Crippen LogP contribution in [0, 0.1) is 0 Å². The first-order valence-electron chi connectivity index (χ1n) is 6.39. The smallest absolute Gasteiger partial charge is 0.377 e. The van der Waals surface area contributed by atoms with E-state index in [0.29, 0.717) is 21.3 Å². The minimum absolute atomic E-state index is 0.326. The standard InChI is InChI=1S/C15H13Cl3F3N/c1-22(2)12-7-8(15(19,20)21)3-4-9(12)13-10(16)5-6-11(17)14(13)18/h3-7,10,13H,1-2H3. The van der Waals surface area contributed by atoms with Gasteiger partial charge in [0.15, 0.2) is 0 Å². The zero-order chi connectivity index (χ0) is 16.7. The number of alkyl halides is 4. The molecule has 1 aromatic rings. The monoisotopic (exact) mass is 369 g/mol. The number of anilines is 1. The molecule has 0 aliphatic heterocycles. The molecule has 0 saturated heterocycles. The molecule has 2 unspecified atom stereocenters. The third-order valence-corrected chi connectivity index (χ3v) is 4.68. The number of hydrogen-bond acceptors (Lipinski definition) is 1. The first-order chi connectivity index (χ1) is 10.1. The number of benzene rings is 1. The lowest BCUT2D eigenvalue weighted by Crippen LogP contribution is -2.20. The van der Waals surface area contributed by atoms with Crippen LogP contribution < -0.4 is 4.90 Å². The van der Waals surface area contributed by atoms with Crippen LogP contribution in [0.3, 0.4) is 0 Å². The summed E-state index contributed by atoms with van der Waals surface area (Å²) in [4.78, 5) is 1.60. The van der Waals surface area contributed by atoms with Crippen molar-refractivity contribution < 1.29 is 13.2 Å². The summed E-state index contributed by atoms with van der Waals surface area (Å²) >= 11 is 18.5. The molecule has 120 valence electrons. The highest BCUT2D eigenvalue weighted by molar-refractivity contribution is 6.41. The van der Waals surface area contributed by atoms with Crippen LogP contribution in [0.5, 0.6) is 0 Å². The lowest BCUT2D eigenvalue weighted by molar-refractivity contribution is -0.137. The second-order valence-corrected chi connectivity index (χ2v) is 6.46. The molecule has 0 spiro atoms. The Bertz CT molecular complexity index is 635. The van der Waals surface area contributed by atoms with Crippen LogP contribution in [0.15, 0.2) is 40.4 Å². The summed E-state index contributed by atoms with van der Waals surface area (Å²) in [5.41, 5.74) is 0.289. The van der Waals surface area contributed by atoms with Crippen molar-refractivity contribution in [2.24, 2.45) is 0 Å². The number of halogens is 6. The molecule has 0 bridgehead atoms. The van der Waals surface area contributed by atoms with E-state index in [4.69, 9.17) is 34.8 Å². The Labute approximate surface area is 141 Å². The van der Waals surface area contributed by atoms with E-state index in [0.717, 1.165) is 12.1 Å². The molecule has 0 N–H and O–H groups in total. The molecule has 1 aliphatic carbocycles. The predicted octanol–water partition coefficient (Wildman–Crippen LogP) is 5.72. The molecule has 7 heteroatoms. The Hall–Kier alpha value is -0.840. The van der Waals surface area contributed by atoms with Crippen molar-refractivity contribution in [2.75, 3.05) is 19.0 Å². The summed E-state index contributed by atoms with van der Waals surface area (Å²) in [6.45, 7) is 0. The summed E-state index contributed by atoms with van der Waals surface area (Å²) in [5, 5.41) is 0.186. The summed E-state index contributed by atoms with van der Waals surface area (Å²) in [7, 11) is 3.33. The van der Waals surface area contributed by atoms with Crippen molar-refractivity contribution in [2.45, 2.75) is 17.5 Å². The van der Waals surface area contributed by atoms with Crippen molar-refractivity contribution in [3.05, 3.63) is 51.5 Å². The number of nitrogens with zero attached hydrogens (tertiary/aromatic N) is 1. The van der Waals surface area contributed by atoms with Crippen LogP contribution in [-0.2, 0) is 6.18 Å². The molecule has 1 nitrogen and oxygen atoms in total. The highest BCUT2D eigenvalue weighted by Gasteiger charge is 2.34. The van der Waals surface area contributed by atoms with Gasteiger partial charge in [-0.2, -0.15) is 13.2 Å². The fourth-order valence-corrected chi connectivity index (χ4v) is 3.24. The average molecular weight is 371 g/mol. The molecule has 0 fully saturated rings. The molecule has 0 saturated carbocycles. The van der Waals surface area contributed by atoms with Crippen molar-refractivity contribution in [1.82, 2.24) is 0 Å². The Kier molecular flexibility index (Phi) is 5.05. The zero-order valence-electron chi connectivity index (χ0n) is 11.8. The van der Waals surface area contributed by atoms with Gasteiger partial charge in [0.2, 0.25) is 0 Å². The molecule has 0 heterocycles. The maximum Gasteiger partial charge on any atom is 0.416 e. The molecule has 0 amide bonds. The van der Waals surface area contributed by atoms with Crippen LogP contribution in [0.25, 0.3) is 0 Å². The SMILES string of the molecule is CN(C)c1cc(C(F)(F)F)ccc1C1C(Cl)=C(Cl)C=CC1Cl. The topological polar surface area (TPSA) is 3.24 Å². The summed E-state index contributed by atoms with van der Waals surface area (Å²) in [5.74, 6) is -0.486. The maximum absolute atomic E-state index is 12.9. The van der Waals surface area contributed by atoms with Crippen molar-refractivity contribution in [3.63, 3.8) is 0 Å². The molecule has 1 aromatic carbocycles. The van der Waals surface area contributed by atoms with Crippen molar-refractivity contribution in [3.8, 4) is 0 Å². The Morgan fingerprint density at radius 1 is 1.14 bits per heavy atom. The van der Waals surface area contributed by atoms with Gasteiger partial charge in [-0.15, -0.1) is 11.6 Å². The Morgan fingerprint density at radius 3 is 2.32 bits per heavy atom. The van der Waals surface area contributed by atoms with Gasteiger partial charge in [-0.3, -0.25) is 0 Å². The molecule has 0 radical (unpaired) electrons. The highest BCUT2D eigenvalue weighted by Crippen LogP contribution is 2.45. The highest BCUT2D eigenvalue weighted by atomic mass is 35.5. The first-order valence-corrected chi connectivity index (χ1v) is 7.58. The van der Waals surface area contributed by atoms with E-state index in [-0.39, 0.29) is 0 Å². The van der Waals surface area contributed by atoms with Gasteiger partial charge in [0.1, 0.15) is 0 Å². The minimum atomic E-state index is -4.41. The number of allylic oxidation sites excluding steroid dienone is 4. The summed E-state index contributed by atoms with van der Waals surface area (Å²) in [6, 6.07) is 3.53. The Balaban J connectivity index is 2.58. The van der Waals surface area contributed by atoms with Gasteiger partial charge < -0.3 is 4.90 Å². The van der Waals surface area contributed by atoms with Crippen LogP contribution in [0.1, 0.15) is 17.0 Å². The van der Waals surface area contributed by atoms with Crippen molar-refractivity contribution in [1.29, 1.82) is 0 Å². The lowest BCUT2D eigenvalue weighted by Gasteiger charge is -2.29. The van der Waals surface area contributed by atoms with E-state index >= 15 is 0 Å². The molecule has 2 rings (SSSR count). The number of hydrogen-bond donors (Lipinski definition) is 0. The van der Waals surface area contributed by atoms with E-state index in [9.17, 15) is 13.2 Å². The lowest BCUT2D eigenvalue weighted by atomic mass is 9.89. The van der Waals surface area contributed by atoms with Gasteiger partial charge >= 0.3 is 6.18 Å². The largest absolute Gasteiger partial charge is 0.416 e. The number of rotatable bonds is 2. The second-order valence-electron chi connectivity index (χ2n) is 5.14. The quantitative estimate of drug-likeness (QED) is 0.602. The molecule has 1 aliphatic rings. The average Bonchev–Trinajstić information content (AvgIpc) is 2.42. The van der Waals surface area contributed by atoms with Crippen LogP contribution in [0.4, 0.5) is 18.9 Å². The van der Waals surface area contributed by atoms with E-state index in [2.05, 4.69) is 0 Å². The van der Waals surface area contributed by atoms with Crippen LogP contribution >= 0.6 is 34.8 Å². The van der Waals surface area contributed by atoms with Gasteiger partial charge in [0.25, 0.3) is 0 Å². The van der Waals surface area contributed by atoms with E-state index < -0.39 is 23.0 Å². The maximum atomic E-state index is 12.9. The summed E-state index contributed by atoms with van der Waals surface area (Å²) < 4.78 is 38.7. The third kappa shape index (κ3) is 3.39. The van der Waals surface area contributed by atoms with Gasteiger partial charge in [-0.1, -0.05) is 35.3 Å². The Morgan fingerprint density at radius 2 is 1.77 bits per heavy atom. The van der Waals surface area contributed by atoms with Gasteiger partial charge in [-0.25, -0.2) is 0 Å². The molecular formula is C15H13Cl3F3N. The van der Waals surface area contributed by atoms with E-state index in [1.807, 2.05) is 0 Å².